The number of aromatic nitrogens is 3. The van der Waals surface area contributed by atoms with E-state index >= 15 is 0 Å². The second-order valence-electron chi connectivity index (χ2n) is 6.56. The molecule has 1 saturated heterocycles. The maximum atomic E-state index is 13.8. The third kappa shape index (κ3) is 3.90. The highest BCUT2D eigenvalue weighted by atomic mass is 32.2. The van der Waals surface area contributed by atoms with E-state index in [4.69, 9.17) is 0 Å². The summed E-state index contributed by atoms with van der Waals surface area (Å²) in [4.78, 5) is 10.6. The Morgan fingerprint density at radius 1 is 0.929 bits per heavy atom. The Hall–Kier alpha value is -2.78. The average Bonchev–Trinajstić information content (AvgIpc) is 3.25. The van der Waals surface area contributed by atoms with Crippen LogP contribution in [-0.2, 0) is 15.8 Å². The number of sulfonamides is 1. The van der Waals surface area contributed by atoms with E-state index < -0.39 is 15.8 Å². The Morgan fingerprint density at radius 3 is 2.32 bits per heavy atom. The molecule has 1 aliphatic heterocycles. The predicted molar refractivity (Wildman–Crippen MR) is 104 cm³/mol. The summed E-state index contributed by atoms with van der Waals surface area (Å²) in [6, 6.07) is 11.7. The third-order valence-corrected chi connectivity index (χ3v) is 6.59. The fourth-order valence-electron chi connectivity index (χ4n) is 3.24. The van der Waals surface area contributed by atoms with Crippen LogP contribution in [-0.4, -0.2) is 53.4 Å². The van der Waals surface area contributed by atoms with Crippen molar-refractivity contribution < 1.29 is 12.8 Å². The first-order chi connectivity index (χ1) is 13.5. The van der Waals surface area contributed by atoms with Gasteiger partial charge in [0, 0.05) is 50.2 Å². The third-order valence-electron chi connectivity index (χ3n) is 4.76. The molecule has 4 rings (SSSR count). The highest BCUT2D eigenvalue weighted by Crippen LogP contribution is 2.19. The molecule has 0 aliphatic carbocycles. The summed E-state index contributed by atoms with van der Waals surface area (Å²) in [5.41, 5.74) is 0.192. The van der Waals surface area contributed by atoms with Crippen LogP contribution in [0.25, 0.3) is 5.82 Å². The van der Waals surface area contributed by atoms with Crippen molar-refractivity contribution in [3.8, 4) is 5.82 Å². The molecule has 0 unspecified atom stereocenters. The van der Waals surface area contributed by atoms with E-state index in [2.05, 4.69) is 9.97 Å². The molecule has 0 radical (unpaired) electrons. The molecule has 3 aromatic rings. The second-order valence-corrected chi connectivity index (χ2v) is 8.53. The monoisotopic (exact) mass is 401 g/mol. The maximum Gasteiger partial charge on any atom is 0.218 e. The average molecular weight is 401 g/mol. The minimum atomic E-state index is -3.58. The van der Waals surface area contributed by atoms with Gasteiger partial charge in [-0.05, 0) is 18.2 Å². The van der Waals surface area contributed by atoms with Crippen molar-refractivity contribution in [3.63, 3.8) is 0 Å². The van der Waals surface area contributed by atoms with Gasteiger partial charge in [0.25, 0.3) is 0 Å². The highest BCUT2D eigenvalue weighted by Gasteiger charge is 2.28. The Morgan fingerprint density at radius 2 is 1.61 bits per heavy atom. The summed E-state index contributed by atoms with van der Waals surface area (Å²) < 4.78 is 42.5. The molecule has 1 aliphatic rings. The van der Waals surface area contributed by atoms with Gasteiger partial charge in [-0.2, -0.15) is 4.31 Å². The summed E-state index contributed by atoms with van der Waals surface area (Å²) in [5.74, 6) is 0.683. The standard InChI is InChI=1S/C19H20FN5O2S/c20-17-6-2-1-5-16(17)14-28(26,27)25-11-9-24(10-12-25)19-13-18(21-15-22-19)23-7-3-4-8-23/h1-8,13,15H,9-12,14H2. The maximum absolute atomic E-state index is 13.8. The summed E-state index contributed by atoms with van der Waals surface area (Å²) >= 11 is 0. The van der Waals surface area contributed by atoms with Crippen LogP contribution in [0.1, 0.15) is 5.56 Å². The lowest BCUT2D eigenvalue weighted by Gasteiger charge is -2.34. The zero-order valence-corrected chi connectivity index (χ0v) is 16.0. The Labute approximate surface area is 163 Å². The number of hydrogen-bond donors (Lipinski definition) is 0. The van der Waals surface area contributed by atoms with E-state index in [0.29, 0.717) is 26.2 Å². The van der Waals surface area contributed by atoms with Gasteiger partial charge < -0.3 is 9.47 Å². The molecule has 1 aromatic carbocycles. The van der Waals surface area contributed by atoms with Gasteiger partial charge in [0.15, 0.2) is 0 Å². The summed E-state index contributed by atoms with van der Waals surface area (Å²) in [6.07, 6.45) is 5.31. The van der Waals surface area contributed by atoms with Gasteiger partial charge >= 0.3 is 0 Å². The first-order valence-corrected chi connectivity index (χ1v) is 10.6. The quantitative estimate of drug-likeness (QED) is 0.655. The molecule has 0 saturated carbocycles. The Kier molecular flexibility index (Phi) is 5.10. The molecule has 1 fully saturated rings. The minimum Gasteiger partial charge on any atom is -0.354 e. The van der Waals surface area contributed by atoms with Crippen molar-refractivity contribution >= 4 is 15.8 Å². The number of benzene rings is 1. The summed E-state index contributed by atoms with van der Waals surface area (Å²) in [7, 11) is -3.58. The fourth-order valence-corrected chi connectivity index (χ4v) is 4.77. The fraction of sp³-hybridized carbons (Fsp3) is 0.263. The molecule has 7 nitrogen and oxygen atoms in total. The van der Waals surface area contributed by atoms with Crippen molar-refractivity contribution in [2.24, 2.45) is 0 Å². The first-order valence-electron chi connectivity index (χ1n) is 8.94. The largest absolute Gasteiger partial charge is 0.354 e. The van der Waals surface area contributed by atoms with Crippen molar-refractivity contribution in [1.29, 1.82) is 0 Å². The van der Waals surface area contributed by atoms with Crippen LogP contribution < -0.4 is 4.90 Å². The zero-order chi connectivity index (χ0) is 19.6. The number of anilines is 1. The van der Waals surface area contributed by atoms with Crippen LogP contribution in [0.4, 0.5) is 10.2 Å². The van der Waals surface area contributed by atoms with Crippen LogP contribution in [0.3, 0.4) is 0 Å². The SMILES string of the molecule is O=S(=O)(Cc1ccccc1F)N1CCN(c2cc(-n3cccc3)ncn2)CC1. The molecule has 2 aromatic heterocycles. The van der Waals surface area contributed by atoms with E-state index in [1.807, 2.05) is 40.1 Å². The lowest BCUT2D eigenvalue weighted by atomic mass is 10.2. The van der Waals surface area contributed by atoms with Gasteiger partial charge in [-0.25, -0.2) is 22.8 Å². The summed E-state index contributed by atoms with van der Waals surface area (Å²) in [5, 5.41) is 0. The molecule has 0 spiro atoms. The number of piperazine rings is 1. The lowest BCUT2D eigenvalue weighted by Crippen LogP contribution is -2.49. The van der Waals surface area contributed by atoms with Gasteiger partial charge in [0.2, 0.25) is 10.0 Å². The van der Waals surface area contributed by atoms with Gasteiger partial charge in [0.1, 0.15) is 23.8 Å². The van der Waals surface area contributed by atoms with E-state index in [1.54, 1.807) is 12.1 Å². The molecule has 3 heterocycles. The molecular weight excluding hydrogens is 381 g/mol. The van der Waals surface area contributed by atoms with Crippen LogP contribution >= 0.6 is 0 Å². The number of rotatable bonds is 5. The van der Waals surface area contributed by atoms with E-state index in [9.17, 15) is 12.8 Å². The van der Waals surface area contributed by atoms with E-state index in [1.165, 1.54) is 22.8 Å². The molecule has 0 atom stereocenters. The molecule has 0 amide bonds. The van der Waals surface area contributed by atoms with Crippen LogP contribution in [0.5, 0.6) is 0 Å². The lowest BCUT2D eigenvalue weighted by molar-refractivity contribution is 0.383. The molecule has 146 valence electrons. The zero-order valence-electron chi connectivity index (χ0n) is 15.1. The Balaban J connectivity index is 1.43. The van der Waals surface area contributed by atoms with Crippen molar-refractivity contribution in [3.05, 3.63) is 72.6 Å². The van der Waals surface area contributed by atoms with Gasteiger partial charge in [0.05, 0.1) is 5.75 Å². The second kappa shape index (κ2) is 7.69. The Bertz CT molecular complexity index is 1050. The first kappa shape index (κ1) is 18.6. The number of nitrogens with zero attached hydrogens (tertiary/aromatic N) is 5. The molecule has 9 heteroatoms. The van der Waals surface area contributed by atoms with Crippen molar-refractivity contribution in [2.75, 3.05) is 31.1 Å². The molecule has 0 bridgehead atoms. The molecule has 28 heavy (non-hydrogen) atoms. The number of hydrogen-bond acceptors (Lipinski definition) is 5. The van der Waals surface area contributed by atoms with Gasteiger partial charge in [-0.15, -0.1) is 0 Å². The van der Waals surface area contributed by atoms with Gasteiger partial charge in [-0.1, -0.05) is 18.2 Å². The van der Waals surface area contributed by atoms with Crippen molar-refractivity contribution in [2.45, 2.75) is 5.75 Å². The van der Waals surface area contributed by atoms with E-state index in [0.717, 1.165) is 11.6 Å². The smallest absolute Gasteiger partial charge is 0.218 e. The summed E-state index contributed by atoms with van der Waals surface area (Å²) in [6.45, 7) is 1.69. The van der Waals surface area contributed by atoms with Crippen LogP contribution in [0.15, 0.2) is 61.2 Å². The topological polar surface area (TPSA) is 71.3 Å². The molecular formula is C19H20FN5O2S. The van der Waals surface area contributed by atoms with Crippen LogP contribution in [0, 0.1) is 5.82 Å². The normalized spacial score (nSPS) is 15.7. The van der Waals surface area contributed by atoms with Crippen molar-refractivity contribution in [1.82, 2.24) is 18.8 Å². The van der Waals surface area contributed by atoms with Gasteiger partial charge in [-0.3, -0.25) is 0 Å². The highest BCUT2D eigenvalue weighted by molar-refractivity contribution is 7.88. The number of halogens is 1. The van der Waals surface area contributed by atoms with Crippen LogP contribution in [0.2, 0.25) is 0 Å². The van der Waals surface area contributed by atoms with E-state index in [-0.39, 0.29) is 11.3 Å². The molecule has 0 N–H and O–H groups in total. The predicted octanol–water partition coefficient (Wildman–Crippen LogP) is 2.06. The minimum absolute atomic E-state index is 0.192.